The van der Waals surface area contributed by atoms with Gasteiger partial charge in [0, 0.05) is 5.69 Å². The van der Waals surface area contributed by atoms with Crippen LogP contribution in [-0.4, -0.2) is 54.6 Å². The van der Waals surface area contributed by atoms with Gasteiger partial charge in [0.25, 0.3) is 5.91 Å². The average Bonchev–Trinajstić information content (AvgIpc) is 2.99. The van der Waals surface area contributed by atoms with Crippen LogP contribution in [0, 0.1) is 5.82 Å². The van der Waals surface area contributed by atoms with Gasteiger partial charge in [0.05, 0.1) is 26.3 Å². The van der Waals surface area contributed by atoms with Crippen LogP contribution in [0.3, 0.4) is 0 Å². The minimum Gasteiger partial charge on any atom is -0.497 e. The van der Waals surface area contributed by atoms with Crippen molar-refractivity contribution in [2.24, 2.45) is 0 Å². The Balaban J connectivity index is 1.83. The number of thiocarbonyl (C=S) groups is 1. The molecule has 0 bridgehead atoms. The molecule has 1 N–H and O–H groups in total. The Kier molecular flexibility index (Phi) is 6.81. The summed E-state index contributed by atoms with van der Waals surface area (Å²) < 4.78 is 22.9. The predicted octanol–water partition coefficient (Wildman–Crippen LogP) is 2.34. The first-order valence-electron chi connectivity index (χ1n) is 9.25. The molecule has 0 aliphatic carbocycles. The topological polar surface area (TPSA) is 88.2 Å². The third-order valence-electron chi connectivity index (χ3n) is 4.68. The molecule has 1 aliphatic heterocycles. The van der Waals surface area contributed by atoms with E-state index in [1.165, 1.54) is 48.3 Å². The summed E-state index contributed by atoms with van der Waals surface area (Å²) in [6.07, 6.45) is -0.264. The van der Waals surface area contributed by atoms with Crippen LogP contribution in [0.4, 0.5) is 15.8 Å². The lowest BCUT2D eigenvalue weighted by Crippen LogP contribution is -2.41. The number of halogens is 1. The van der Waals surface area contributed by atoms with Crippen LogP contribution in [-0.2, 0) is 19.1 Å². The van der Waals surface area contributed by atoms with Crippen LogP contribution in [0.25, 0.3) is 0 Å². The summed E-state index contributed by atoms with van der Waals surface area (Å²) in [5, 5.41) is 2.69. The van der Waals surface area contributed by atoms with Crippen molar-refractivity contribution in [1.82, 2.24) is 4.90 Å². The second kappa shape index (κ2) is 9.52. The molecule has 31 heavy (non-hydrogen) atoms. The molecule has 0 saturated carbocycles. The lowest BCUT2D eigenvalue weighted by atomic mass is 10.1. The van der Waals surface area contributed by atoms with Gasteiger partial charge in [-0.05, 0) is 60.7 Å². The van der Waals surface area contributed by atoms with Gasteiger partial charge in [-0.3, -0.25) is 19.3 Å². The van der Waals surface area contributed by atoms with E-state index in [0.29, 0.717) is 17.1 Å². The summed E-state index contributed by atoms with van der Waals surface area (Å²) >= 11 is 5.44. The highest BCUT2D eigenvalue weighted by atomic mass is 32.1. The Bertz CT molecular complexity index is 997. The highest BCUT2D eigenvalue weighted by Gasteiger charge is 2.45. The number of methoxy groups -OCH3 is 2. The van der Waals surface area contributed by atoms with Gasteiger partial charge in [-0.2, -0.15) is 0 Å². The van der Waals surface area contributed by atoms with Crippen LogP contribution in [0.1, 0.15) is 6.42 Å². The fourth-order valence-corrected chi connectivity index (χ4v) is 3.49. The van der Waals surface area contributed by atoms with E-state index >= 15 is 0 Å². The minimum atomic E-state index is -1.01. The van der Waals surface area contributed by atoms with Crippen molar-refractivity contribution in [1.29, 1.82) is 0 Å². The Morgan fingerprint density at radius 2 is 1.74 bits per heavy atom. The lowest BCUT2D eigenvalue weighted by molar-refractivity contribution is -0.141. The van der Waals surface area contributed by atoms with Crippen molar-refractivity contribution in [2.45, 2.75) is 12.5 Å². The maximum Gasteiger partial charge on any atom is 0.325 e. The summed E-state index contributed by atoms with van der Waals surface area (Å²) in [6, 6.07) is 10.9. The first-order valence-corrected chi connectivity index (χ1v) is 9.65. The Hall–Kier alpha value is -3.53. The quantitative estimate of drug-likeness (QED) is 0.517. The molecule has 0 radical (unpaired) electrons. The van der Waals surface area contributed by atoms with Crippen molar-refractivity contribution in [2.75, 3.05) is 31.0 Å². The normalized spacial score (nSPS) is 15.8. The van der Waals surface area contributed by atoms with Gasteiger partial charge < -0.3 is 19.7 Å². The number of nitrogens with zero attached hydrogens (tertiary/aromatic N) is 2. The number of carbonyl (C=O) groups is 3. The smallest absolute Gasteiger partial charge is 0.325 e. The molecule has 10 heteroatoms. The molecule has 0 spiro atoms. The number of ether oxygens (including phenoxy) is 2. The van der Waals surface area contributed by atoms with E-state index in [0.717, 1.165) is 0 Å². The number of carbonyl (C=O) groups excluding carboxylic acids is 3. The highest BCUT2D eigenvalue weighted by molar-refractivity contribution is 7.80. The van der Waals surface area contributed by atoms with Gasteiger partial charge in [-0.15, -0.1) is 0 Å². The largest absolute Gasteiger partial charge is 0.497 e. The maximum atomic E-state index is 13.2. The zero-order valence-electron chi connectivity index (χ0n) is 16.8. The van der Waals surface area contributed by atoms with Gasteiger partial charge in [0.1, 0.15) is 24.2 Å². The van der Waals surface area contributed by atoms with Crippen LogP contribution in [0.5, 0.6) is 5.75 Å². The molecule has 1 heterocycles. The SMILES string of the molecule is COC(=O)CN1C(=S)N(c2ccc(OC)cc2)C(=O)[C@@H]1CC(=O)Nc1ccc(F)cc1. The Labute approximate surface area is 183 Å². The molecule has 1 saturated heterocycles. The van der Waals surface area contributed by atoms with E-state index in [1.807, 2.05) is 0 Å². The Morgan fingerprint density at radius 1 is 1.10 bits per heavy atom. The molecular formula is C21H20FN3O5S. The first-order chi connectivity index (χ1) is 14.8. The highest BCUT2D eigenvalue weighted by Crippen LogP contribution is 2.28. The Morgan fingerprint density at radius 3 is 2.32 bits per heavy atom. The number of esters is 1. The molecule has 2 aromatic rings. The number of hydrogen-bond donors (Lipinski definition) is 1. The van der Waals surface area contributed by atoms with Crippen LogP contribution >= 0.6 is 12.2 Å². The summed E-state index contributed by atoms with van der Waals surface area (Å²) in [6.45, 7) is -0.289. The van der Waals surface area contributed by atoms with Crippen molar-refractivity contribution < 1.29 is 28.2 Å². The third-order valence-corrected chi connectivity index (χ3v) is 5.10. The van der Waals surface area contributed by atoms with E-state index in [2.05, 4.69) is 5.32 Å². The van der Waals surface area contributed by atoms with E-state index < -0.39 is 29.6 Å². The molecule has 8 nitrogen and oxygen atoms in total. The van der Waals surface area contributed by atoms with E-state index in [-0.39, 0.29) is 18.1 Å². The van der Waals surface area contributed by atoms with Crippen molar-refractivity contribution in [3.63, 3.8) is 0 Å². The molecular weight excluding hydrogens is 425 g/mol. The molecule has 0 aromatic heterocycles. The summed E-state index contributed by atoms with van der Waals surface area (Å²) in [5.41, 5.74) is 0.859. The fourth-order valence-electron chi connectivity index (χ4n) is 3.11. The molecule has 1 aliphatic rings. The monoisotopic (exact) mass is 445 g/mol. The predicted molar refractivity (Wildman–Crippen MR) is 115 cm³/mol. The van der Waals surface area contributed by atoms with Crippen molar-refractivity contribution in [3.05, 3.63) is 54.3 Å². The van der Waals surface area contributed by atoms with Gasteiger partial charge >= 0.3 is 5.97 Å². The molecule has 3 rings (SSSR count). The number of anilines is 2. The summed E-state index contributed by atoms with van der Waals surface area (Å²) in [7, 11) is 2.75. The molecule has 1 atom stereocenters. The fraction of sp³-hybridized carbons (Fsp3) is 0.238. The minimum absolute atomic E-state index is 0.0835. The van der Waals surface area contributed by atoms with Crippen LogP contribution in [0.2, 0.25) is 0 Å². The average molecular weight is 445 g/mol. The molecule has 2 amide bonds. The van der Waals surface area contributed by atoms with Crippen molar-refractivity contribution in [3.8, 4) is 5.75 Å². The van der Waals surface area contributed by atoms with Gasteiger partial charge in [-0.1, -0.05) is 0 Å². The number of rotatable bonds is 7. The zero-order chi connectivity index (χ0) is 22.5. The summed E-state index contributed by atoms with van der Waals surface area (Å²) in [5.74, 6) is -1.38. The molecule has 2 aromatic carbocycles. The zero-order valence-corrected chi connectivity index (χ0v) is 17.6. The summed E-state index contributed by atoms with van der Waals surface area (Å²) in [4.78, 5) is 40.2. The van der Waals surface area contributed by atoms with Gasteiger partial charge in [-0.25, -0.2) is 4.39 Å². The van der Waals surface area contributed by atoms with E-state index in [1.54, 1.807) is 24.3 Å². The maximum absolute atomic E-state index is 13.2. The number of hydrogen-bond acceptors (Lipinski definition) is 6. The number of benzene rings is 2. The molecule has 0 unspecified atom stereocenters. The second-order valence-corrected chi connectivity index (χ2v) is 7.00. The lowest BCUT2D eigenvalue weighted by Gasteiger charge is -2.22. The van der Waals surface area contributed by atoms with Crippen molar-refractivity contribution >= 4 is 46.5 Å². The van der Waals surface area contributed by atoms with Crippen LogP contribution < -0.4 is 15.0 Å². The first kappa shape index (κ1) is 22.2. The molecule has 1 fully saturated rings. The van der Waals surface area contributed by atoms with Crippen LogP contribution in [0.15, 0.2) is 48.5 Å². The van der Waals surface area contributed by atoms with E-state index in [9.17, 15) is 18.8 Å². The number of amides is 2. The van der Waals surface area contributed by atoms with Gasteiger partial charge in [0.2, 0.25) is 5.91 Å². The van der Waals surface area contributed by atoms with E-state index in [4.69, 9.17) is 21.7 Å². The third kappa shape index (κ3) is 4.97. The standard InChI is InChI=1S/C21H20FN3O5S/c1-29-16-9-7-15(8-10-16)25-20(28)17(24(21(25)31)12-19(27)30-2)11-18(26)23-14-5-3-13(22)4-6-14/h3-10,17H,11-12H2,1-2H3,(H,23,26)/t17-/m0/s1. The van der Waals surface area contributed by atoms with Gasteiger partial charge in [0.15, 0.2) is 5.11 Å². The molecule has 162 valence electrons. The second-order valence-electron chi connectivity index (χ2n) is 6.63. The number of nitrogens with one attached hydrogen (secondary N) is 1.